The largest absolute Gasteiger partial charge is 0.481 e. The third kappa shape index (κ3) is 2.28. The summed E-state index contributed by atoms with van der Waals surface area (Å²) in [5.74, 6) is -1.08. The van der Waals surface area contributed by atoms with Gasteiger partial charge in [-0.15, -0.1) is 0 Å². The van der Waals surface area contributed by atoms with Crippen molar-refractivity contribution in [1.82, 2.24) is 9.47 Å². The molecule has 6 nitrogen and oxygen atoms in total. The lowest BCUT2D eigenvalue weighted by Crippen LogP contribution is -2.45. The van der Waals surface area contributed by atoms with Crippen molar-refractivity contribution in [3.8, 4) is 0 Å². The van der Waals surface area contributed by atoms with Crippen molar-refractivity contribution < 1.29 is 19.4 Å². The number of amides is 1. The average Bonchev–Trinajstić information content (AvgIpc) is 2.99. The maximum absolute atomic E-state index is 12.6. The number of aromatic nitrogens is 1. The molecule has 3 heterocycles. The second-order valence-electron chi connectivity index (χ2n) is 5.82. The fourth-order valence-electron chi connectivity index (χ4n) is 3.35. The smallest absolute Gasteiger partial charge is 0.311 e. The fourth-order valence-corrected chi connectivity index (χ4v) is 3.88. The molecule has 2 saturated heterocycles. The van der Waals surface area contributed by atoms with E-state index in [1.807, 2.05) is 6.20 Å². The number of hydrogen-bond donors (Lipinski definition) is 1. The molecule has 2 fully saturated rings. The summed E-state index contributed by atoms with van der Waals surface area (Å²) >= 11 is 3.35. The van der Waals surface area contributed by atoms with Gasteiger partial charge in [-0.3, -0.25) is 9.59 Å². The number of fused-ring (bicyclic) bond motifs is 1. The molecule has 0 bridgehead atoms. The summed E-state index contributed by atoms with van der Waals surface area (Å²) in [5.41, 5.74) is -0.293. The standard InChI is InChI=1S/C14H17BrN2O4/c1-16-6-10(15)4-11(16)12(18)17-5-9-7-21-3-2-14(9,8-17)13(19)20/h4,6,9H,2-3,5,7-8H2,1H3,(H,19,20)/t9-,14+/m0/s1. The normalized spacial score (nSPS) is 28.5. The summed E-state index contributed by atoms with van der Waals surface area (Å²) in [6, 6.07) is 1.76. The molecule has 7 heteroatoms. The lowest BCUT2D eigenvalue weighted by atomic mass is 9.74. The molecule has 114 valence electrons. The number of aryl methyl sites for hydroxylation is 1. The summed E-state index contributed by atoms with van der Waals surface area (Å²) in [7, 11) is 1.80. The molecule has 2 atom stereocenters. The Morgan fingerprint density at radius 2 is 2.29 bits per heavy atom. The number of nitrogens with zero attached hydrogens (tertiary/aromatic N) is 2. The number of likely N-dealkylation sites (tertiary alicyclic amines) is 1. The Kier molecular flexibility index (Phi) is 3.57. The fraction of sp³-hybridized carbons (Fsp3) is 0.571. The first kappa shape index (κ1) is 14.6. The Balaban J connectivity index is 1.87. The van der Waals surface area contributed by atoms with Crippen LogP contribution in [0, 0.1) is 11.3 Å². The molecule has 0 spiro atoms. The minimum atomic E-state index is -0.851. The quantitative estimate of drug-likeness (QED) is 0.868. The zero-order valence-electron chi connectivity index (χ0n) is 11.7. The highest BCUT2D eigenvalue weighted by atomic mass is 79.9. The minimum Gasteiger partial charge on any atom is -0.481 e. The molecule has 1 aromatic heterocycles. The minimum absolute atomic E-state index is 0.127. The van der Waals surface area contributed by atoms with Crippen molar-refractivity contribution in [2.75, 3.05) is 26.3 Å². The third-order valence-corrected chi connectivity index (χ3v) is 5.04. The molecule has 2 aliphatic rings. The molecule has 0 radical (unpaired) electrons. The van der Waals surface area contributed by atoms with E-state index in [2.05, 4.69) is 15.9 Å². The van der Waals surface area contributed by atoms with E-state index in [1.54, 1.807) is 22.6 Å². The van der Waals surface area contributed by atoms with Crippen molar-refractivity contribution in [3.63, 3.8) is 0 Å². The van der Waals surface area contributed by atoms with E-state index in [-0.39, 0.29) is 18.4 Å². The van der Waals surface area contributed by atoms with Crippen LogP contribution >= 0.6 is 15.9 Å². The van der Waals surface area contributed by atoms with Gasteiger partial charge in [-0.05, 0) is 28.4 Å². The average molecular weight is 357 g/mol. The third-order valence-electron chi connectivity index (χ3n) is 4.61. The second-order valence-corrected chi connectivity index (χ2v) is 6.74. The van der Waals surface area contributed by atoms with Crippen molar-refractivity contribution in [1.29, 1.82) is 0 Å². The van der Waals surface area contributed by atoms with Gasteiger partial charge in [-0.1, -0.05) is 0 Å². The number of halogens is 1. The van der Waals surface area contributed by atoms with Gasteiger partial charge in [0.1, 0.15) is 5.69 Å². The highest BCUT2D eigenvalue weighted by Gasteiger charge is 2.55. The summed E-state index contributed by atoms with van der Waals surface area (Å²) in [5, 5.41) is 9.62. The predicted molar refractivity (Wildman–Crippen MR) is 78.0 cm³/mol. The van der Waals surface area contributed by atoms with E-state index in [1.165, 1.54) is 0 Å². The van der Waals surface area contributed by atoms with E-state index >= 15 is 0 Å². The Hall–Kier alpha value is -1.34. The molecule has 1 amide bonds. The van der Waals surface area contributed by atoms with E-state index < -0.39 is 11.4 Å². The van der Waals surface area contributed by atoms with Crippen LogP contribution in [0.1, 0.15) is 16.9 Å². The summed E-state index contributed by atoms with van der Waals surface area (Å²) in [6.45, 7) is 1.55. The van der Waals surface area contributed by atoms with Crippen LogP contribution in [0.25, 0.3) is 0 Å². The van der Waals surface area contributed by atoms with Crippen molar-refractivity contribution >= 4 is 27.8 Å². The van der Waals surface area contributed by atoms with Gasteiger partial charge in [0.15, 0.2) is 0 Å². The molecule has 0 unspecified atom stereocenters. The maximum atomic E-state index is 12.6. The summed E-state index contributed by atoms with van der Waals surface area (Å²) in [4.78, 5) is 26.0. The van der Waals surface area contributed by atoms with E-state index in [0.717, 1.165) is 4.47 Å². The summed E-state index contributed by atoms with van der Waals surface area (Å²) < 4.78 is 7.99. The molecule has 1 N–H and O–H groups in total. The number of hydrogen-bond acceptors (Lipinski definition) is 3. The van der Waals surface area contributed by atoms with Gasteiger partial charge >= 0.3 is 5.97 Å². The SMILES string of the molecule is Cn1cc(Br)cc1C(=O)N1C[C@H]2COCC[C@@]2(C(=O)O)C1. The van der Waals surface area contributed by atoms with Crippen molar-refractivity contribution in [2.24, 2.45) is 18.4 Å². The molecule has 3 rings (SSSR count). The Morgan fingerprint density at radius 3 is 2.86 bits per heavy atom. The number of carboxylic acids is 1. The molecule has 21 heavy (non-hydrogen) atoms. The molecular formula is C14H17BrN2O4. The highest BCUT2D eigenvalue weighted by molar-refractivity contribution is 9.10. The number of carbonyl (C=O) groups excluding carboxylic acids is 1. The van der Waals surface area contributed by atoms with Crippen LogP contribution in [-0.2, 0) is 16.6 Å². The molecule has 0 saturated carbocycles. The Bertz CT molecular complexity index is 600. The van der Waals surface area contributed by atoms with E-state index in [9.17, 15) is 14.7 Å². The zero-order valence-corrected chi connectivity index (χ0v) is 13.3. The molecule has 2 aliphatic heterocycles. The topological polar surface area (TPSA) is 71.8 Å². The molecular weight excluding hydrogens is 340 g/mol. The number of carboxylic acid groups (broad SMARTS) is 1. The van der Waals surface area contributed by atoms with Gasteiger partial charge in [0.2, 0.25) is 0 Å². The Morgan fingerprint density at radius 1 is 1.52 bits per heavy atom. The predicted octanol–water partition coefficient (Wildman–Crippen LogP) is 1.35. The number of ether oxygens (including phenoxy) is 1. The first-order chi connectivity index (χ1) is 9.94. The number of aliphatic carboxylic acids is 1. The first-order valence-electron chi connectivity index (χ1n) is 6.86. The van der Waals surface area contributed by atoms with Crippen molar-refractivity contribution in [2.45, 2.75) is 6.42 Å². The van der Waals surface area contributed by atoms with Gasteiger partial charge in [0.25, 0.3) is 5.91 Å². The van der Waals surface area contributed by atoms with Gasteiger partial charge in [0, 0.05) is 43.3 Å². The van der Waals surface area contributed by atoms with Gasteiger partial charge in [0.05, 0.1) is 12.0 Å². The number of rotatable bonds is 2. The van der Waals surface area contributed by atoms with Gasteiger partial charge in [-0.2, -0.15) is 0 Å². The number of carbonyl (C=O) groups is 2. The van der Waals surface area contributed by atoms with Crippen LogP contribution in [0.4, 0.5) is 0 Å². The highest BCUT2D eigenvalue weighted by Crippen LogP contribution is 2.42. The van der Waals surface area contributed by atoms with Crippen LogP contribution in [-0.4, -0.2) is 52.8 Å². The lowest BCUT2D eigenvalue weighted by Gasteiger charge is -2.33. The van der Waals surface area contributed by atoms with E-state index in [4.69, 9.17) is 4.74 Å². The molecule has 1 aromatic rings. The van der Waals surface area contributed by atoms with Gasteiger partial charge in [-0.25, -0.2) is 0 Å². The van der Waals surface area contributed by atoms with Crippen LogP contribution in [0.15, 0.2) is 16.7 Å². The monoisotopic (exact) mass is 356 g/mol. The zero-order chi connectivity index (χ0) is 15.2. The summed E-state index contributed by atoms with van der Waals surface area (Å²) in [6.07, 6.45) is 2.28. The van der Waals surface area contributed by atoms with Crippen molar-refractivity contribution in [3.05, 3.63) is 22.4 Å². The molecule has 0 aromatic carbocycles. The lowest BCUT2D eigenvalue weighted by molar-refractivity contribution is -0.157. The van der Waals surface area contributed by atoms with Crippen LogP contribution in [0.5, 0.6) is 0 Å². The Labute approximate surface area is 130 Å². The van der Waals surface area contributed by atoms with Crippen LogP contribution in [0.3, 0.4) is 0 Å². The van der Waals surface area contributed by atoms with Crippen LogP contribution in [0.2, 0.25) is 0 Å². The second kappa shape index (κ2) is 5.14. The van der Waals surface area contributed by atoms with Gasteiger partial charge < -0.3 is 19.3 Å². The van der Waals surface area contributed by atoms with E-state index in [0.29, 0.717) is 31.9 Å². The first-order valence-corrected chi connectivity index (χ1v) is 7.65. The van der Waals surface area contributed by atoms with Crippen LogP contribution < -0.4 is 0 Å². The maximum Gasteiger partial charge on any atom is 0.311 e. The molecule has 0 aliphatic carbocycles.